The standard InChI is InChI=1S/C6H12Se.BrH.Mg/c7-6-4-2-1-3-5-6;;/h6-7H,1-5H2;1H;/q;;+2/p-2. The van der Waals surface area contributed by atoms with Gasteiger partial charge < -0.3 is 17.0 Å². The van der Waals surface area contributed by atoms with Crippen LogP contribution in [0.3, 0.4) is 0 Å². The Labute approximate surface area is 84.6 Å². The minimum absolute atomic E-state index is 0. The summed E-state index contributed by atoms with van der Waals surface area (Å²) in [5.41, 5.74) is 0. The minimum atomic E-state index is 0. The van der Waals surface area contributed by atoms with E-state index in [9.17, 15) is 0 Å². The summed E-state index contributed by atoms with van der Waals surface area (Å²) in [5.74, 6) is 0. The molecule has 0 N–H and O–H groups in total. The topological polar surface area (TPSA) is 0 Å². The van der Waals surface area contributed by atoms with E-state index < -0.39 is 0 Å². The third kappa shape index (κ3) is 4.25. The van der Waals surface area contributed by atoms with Crippen molar-refractivity contribution in [2.24, 2.45) is 0 Å². The molecule has 1 aliphatic rings. The normalized spacial score (nSPS) is 21.1. The molecule has 0 aromatic carbocycles. The van der Waals surface area contributed by atoms with Crippen molar-refractivity contribution in [3.63, 3.8) is 0 Å². The Kier molecular flexibility index (Phi) is 7.74. The van der Waals surface area contributed by atoms with Crippen molar-refractivity contribution in [2.45, 2.75) is 36.9 Å². The van der Waals surface area contributed by atoms with E-state index >= 15 is 0 Å². The first-order valence-corrected chi connectivity index (χ1v) is 8.54. The maximum absolute atomic E-state index is 2.20. The van der Waals surface area contributed by atoms with Gasteiger partial charge in [0.05, 0.1) is 0 Å². The molecular formula is C6H11BrMgSe. The number of hydrogen-bond donors (Lipinski definition) is 0. The van der Waals surface area contributed by atoms with Gasteiger partial charge in [-0.2, -0.15) is 0 Å². The monoisotopic (exact) mass is 266 g/mol. The van der Waals surface area contributed by atoms with E-state index in [1.807, 2.05) is 0 Å². The zero-order chi connectivity index (χ0) is 5.82. The molecule has 0 bridgehead atoms. The van der Waals surface area contributed by atoms with Gasteiger partial charge in [-0.15, -0.1) is 0 Å². The van der Waals surface area contributed by atoms with Gasteiger partial charge >= 0.3 is 68.3 Å². The summed E-state index contributed by atoms with van der Waals surface area (Å²) in [6.45, 7) is 0. The van der Waals surface area contributed by atoms with Crippen LogP contribution in [0.2, 0.25) is 4.82 Å². The van der Waals surface area contributed by atoms with Crippen molar-refractivity contribution in [3.05, 3.63) is 0 Å². The van der Waals surface area contributed by atoms with E-state index in [1.54, 1.807) is 12.8 Å². The first-order valence-electron chi connectivity index (χ1n) is 3.34. The Hall–Kier alpha value is 1.77. The number of halogens is 1. The molecule has 9 heavy (non-hydrogen) atoms. The van der Waals surface area contributed by atoms with Crippen molar-refractivity contribution in [1.82, 2.24) is 0 Å². The van der Waals surface area contributed by atoms with Gasteiger partial charge in [-0.1, -0.05) is 0 Å². The molecule has 0 amide bonds. The fourth-order valence-corrected chi connectivity index (χ4v) is 4.36. The van der Waals surface area contributed by atoms with Crippen LogP contribution in [-0.4, -0.2) is 31.4 Å². The fraction of sp³-hybridized carbons (Fsp3) is 1.00. The Morgan fingerprint density at radius 2 is 1.67 bits per heavy atom. The zero-order valence-electron chi connectivity index (χ0n) is 5.61. The van der Waals surface area contributed by atoms with Crippen LogP contribution in [0.4, 0.5) is 0 Å². The van der Waals surface area contributed by atoms with Gasteiger partial charge in [0.15, 0.2) is 0 Å². The summed E-state index contributed by atoms with van der Waals surface area (Å²) in [5, 5.41) is 0. The van der Waals surface area contributed by atoms with Crippen LogP contribution in [0.25, 0.3) is 0 Å². The van der Waals surface area contributed by atoms with Crippen molar-refractivity contribution in [2.75, 3.05) is 0 Å². The summed E-state index contributed by atoms with van der Waals surface area (Å²) in [6, 6.07) is 0. The first kappa shape index (κ1) is 10.8. The van der Waals surface area contributed by atoms with Crippen LogP contribution in [0.1, 0.15) is 32.1 Å². The zero-order valence-corrected chi connectivity index (χ0v) is 10.3. The molecule has 0 unspecified atom stereocenters. The van der Waals surface area contributed by atoms with Crippen LogP contribution in [0.15, 0.2) is 0 Å². The Balaban J connectivity index is 0.000000640. The van der Waals surface area contributed by atoms with Crippen LogP contribution < -0.4 is 17.0 Å². The van der Waals surface area contributed by atoms with E-state index in [1.165, 1.54) is 19.3 Å². The molecule has 1 aliphatic carbocycles. The van der Waals surface area contributed by atoms with Gasteiger partial charge in [0.1, 0.15) is 0 Å². The molecule has 0 atom stereocenters. The van der Waals surface area contributed by atoms with Gasteiger partial charge in [-0.25, -0.2) is 0 Å². The molecule has 50 valence electrons. The van der Waals surface area contributed by atoms with Gasteiger partial charge in [-0.3, -0.25) is 0 Å². The third-order valence-electron chi connectivity index (χ3n) is 1.79. The maximum atomic E-state index is 2.20. The summed E-state index contributed by atoms with van der Waals surface area (Å²) in [4.78, 5) is 1.16. The van der Waals surface area contributed by atoms with Gasteiger partial charge in [-0.05, 0) is 0 Å². The van der Waals surface area contributed by atoms with E-state index in [2.05, 4.69) is 19.5 Å². The predicted octanol–water partition coefficient (Wildman–Crippen LogP) is -1.47. The van der Waals surface area contributed by atoms with Crippen molar-refractivity contribution >= 4 is 31.4 Å². The molecule has 0 spiro atoms. The molecule has 0 aromatic rings. The summed E-state index contributed by atoms with van der Waals surface area (Å²) < 4.78 is 0. The third-order valence-corrected chi connectivity index (χ3v) is 6.22. The fourth-order valence-electron chi connectivity index (χ4n) is 1.23. The second-order valence-corrected chi connectivity index (χ2v) is 6.26. The molecule has 1 fully saturated rings. The quantitative estimate of drug-likeness (QED) is 0.509. The number of hydrogen-bond acceptors (Lipinski definition) is 0. The molecule has 0 radical (unpaired) electrons. The number of rotatable bonds is 1. The molecule has 0 nitrogen and oxygen atoms in total. The van der Waals surface area contributed by atoms with Gasteiger partial charge in [0, 0.05) is 0 Å². The summed E-state index contributed by atoms with van der Waals surface area (Å²) in [6.07, 6.45) is 7.64. The molecule has 3 heteroatoms. The molecule has 0 heterocycles. The van der Waals surface area contributed by atoms with Crippen molar-refractivity contribution in [3.8, 4) is 0 Å². The molecule has 1 saturated carbocycles. The van der Waals surface area contributed by atoms with Crippen molar-refractivity contribution < 1.29 is 17.0 Å². The van der Waals surface area contributed by atoms with E-state index in [0.717, 1.165) is 16.7 Å². The van der Waals surface area contributed by atoms with Crippen LogP contribution in [0, 0.1) is 0 Å². The summed E-state index contributed by atoms with van der Waals surface area (Å²) >= 11 is 3.17. The van der Waals surface area contributed by atoms with Crippen LogP contribution in [-0.2, 0) is 0 Å². The predicted molar refractivity (Wildman–Crippen MR) is 38.3 cm³/mol. The van der Waals surface area contributed by atoms with E-state index in [-0.39, 0.29) is 17.0 Å². The average molecular weight is 266 g/mol. The molecule has 0 aromatic heterocycles. The summed E-state index contributed by atoms with van der Waals surface area (Å²) in [7, 11) is 0. The van der Waals surface area contributed by atoms with Crippen LogP contribution in [0.5, 0.6) is 0 Å². The van der Waals surface area contributed by atoms with Gasteiger partial charge in [0.25, 0.3) is 0 Å². The Morgan fingerprint density at radius 1 is 1.11 bits per heavy atom. The Bertz CT molecular complexity index is 64.1. The van der Waals surface area contributed by atoms with Gasteiger partial charge in [0.2, 0.25) is 0 Å². The SMILES string of the molecule is [Br-].[Mg+][Se]C1CCCCC1. The second-order valence-electron chi connectivity index (χ2n) is 2.43. The molecule has 0 saturated heterocycles. The molecular weight excluding hydrogens is 255 g/mol. The van der Waals surface area contributed by atoms with Crippen LogP contribution >= 0.6 is 0 Å². The van der Waals surface area contributed by atoms with E-state index in [4.69, 9.17) is 0 Å². The van der Waals surface area contributed by atoms with Crippen molar-refractivity contribution in [1.29, 1.82) is 0 Å². The van der Waals surface area contributed by atoms with E-state index in [0.29, 0.717) is 0 Å². The molecule has 1 rings (SSSR count). The second kappa shape index (κ2) is 6.47. The Morgan fingerprint density at radius 3 is 2.00 bits per heavy atom. The molecule has 0 aliphatic heterocycles. The first-order chi connectivity index (χ1) is 3.93. The average Bonchev–Trinajstić information content (AvgIpc) is 1.90.